The molecule has 50 valence electrons. The molecule has 0 radical (unpaired) electrons. The highest BCUT2D eigenvalue weighted by Gasteiger charge is 2.16. The molecule has 0 aromatic carbocycles. The second-order valence-corrected chi connectivity index (χ2v) is 1.82. The molecule has 1 amide bonds. The van der Waals surface area contributed by atoms with Crippen LogP contribution in [0.1, 0.15) is 0 Å². The van der Waals surface area contributed by atoms with Gasteiger partial charge in [0.1, 0.15) is 0 Å². The lowest BCUT2D eigenvalue weighted by Gasteiger charge is -2.20. The Bertz CT molecular complexity index is 155. The number of hydrazine groups is 1. The van der Waals surface area contributed by atoms with Crippen LogP contribution in [0.3, 0.4) is 0 Å². The van der Waals surface area contributed by atoms with E-state index in [9.17, 15) is 4.79 Å². The molecular weight excluding hydrogens is 120 g/mol. The van der Waals surface area contributed by atoms with Crippen LogP contribution in [0.4, 0.5) is 4.79 Å². The minimum atomic E-state index is -0.914. The maximum absolute atomic E-state index is 10.3. The number of carboxylic acid groups (broad SMARTS) is 1. The zero-order chi connectivity index (χ0) is 6.85. The quantitative estimate of drug-likeness (QED) is 0.511. The summed E-state index contributed by atoms with van der Waals surface area (Å²) in [5, 5.41) is 11.2. The molecule has 4 nitrogen and oxygen atoms in total. The fourth-order valence-corrected chi connectivity index (χ4v) is 0.722. The molecule has 0 unspecified atom stereocenters. The van der Waals surface area contributed by atoms with E-state index >= 15 is 0 Å². The van der Waals surface area contributed by atoms with Crippen LogP contribution in [0, 0.1) is 0 Å². The maximum Gasteiger partial charge on any atom is 0.426 e. The third kappa shape index (κ3) is 0.960. The van der Waals surface area contributed by atoms with Crippen LogP contribution in [-0.4, -0.2) is 34.8 Å². The predicted molar refractivity (Wildman–Crippen MR) is 31.6 cm³/mol. The second-order valence-electron chi connectivity index (χ2n) is 1.82. The molecule has 0 fully saturated rings. The van der Waals surface area contributed by atoms with Crippen molar-refractivity contribution in [3.63, 3.8) is 0 Å². The first-order valence-electron chi connectivity index (χ1n) is 2.61. The van der Waals surface area contributed by atoms with Crippen molar-refractivity contribution in [3.05, 3.63) is 12.3 Å². The topological polar surface area (TPSA) is 43.8 Å². The summed E-state index contributed by atoms with van der Waals surface area (Å²) in [4.78, 5) is 10.3. The van der Waals surface area contributed by atoms with E-state index in [1.54, 1.807) is 19.3 Å². The number of carbonyl (C=O) groups is 1. The van der Waals surface area contributed by atoms with Gasteiger partial charge < -0.3 is 5.11 Å². The van der Waals surface area contributed by atoms with E-state index in [-0.39, 0.29) is 0 Å². The monoisotopic (exact) mass is 128 g/mol. The third-order valence-electron chi connectivity index (χ3n) is 1.20. The molecule has 1 aliphatic rings. The molecule has 0 aromatic heterocycles. The van der Waals surface area contributed by atoms with Crippen molar-refractivity contribution < 1.29 is 9.90 Å². The Morgan fingerprint density at radius 3 is 2.67 bits per heavy atom. The van der Waals surface area contributed by atoms with Crippen LogP contribution in [0.25, 0.3) is 0 Å². The maximum atomic E-state index is 10.3. The zero-order valence-corrected chi connectivity index (χ0v) is 5.11. The molecule has 0 saturated carbocycles. The van der Waals surface area contributed by atoms with Crippen LogP contribution >= 0.6 is 0 Å². The minimum Gasteiger partial charge on any atom is -0.464 e. The summed E-state index contributed by atoms with van der Waals surface area (Å²) < 4.78 is 0. The van der Waals surface area contributed by atoms with Gasteiger partial charge in [0.15, 0.2) is 0 Å². The number of rotatable bonds is 0. The molecular formula is C5H8N2O2. The predicted octanol–water partition coefficient (Wildman–Crippen LogP) is 0.341. The van der Waals surface area contributed by atoms with E-state index in [0.717, 1.165) is 0 Å². The van der Waals surface area contributed by atoms with Crippen molar-refractivity contribution in [1.82, 2.24) is 10.0 Å². The lowest BCUT2D eigenvalue weighted by Crippen LogP contribution is -2.36. The van der Waals surface area contributed by atoms with Gasteiger partial charge in [0, 0.05) is 13.2 Å². The highest BCUT2D eigenvalue weighted by molar-refractivity contribution is 5.65. The second kappa shape index (κ2) is 1.97. The fraction of sp³-hybridized carbons (Fsp3) is 0.400. The molecule has 0 spiro atoms. The molecule has 0 aliphatic carbocycles. The number of hydrogen-bond acceptors (Lipinski definition) is 2. The van der Waals surface area contributed by atoms with E-state index in [1.165, 1.54) is 10.0 Å². The Hall–Kier alpha value is -1.19. The molecule has 0 aromatic rings. The summed E-state index contributed by atoms with van der Waals surface area (Å²) in [6.45, 7) is 0.464. The van der Waals surface area contributed by atoms with Gasteiger partial charge in [-0.3, -0.25) is 5.01 Å². The standard InChI is InChI=1S/C5H8N2O2/c1-6-3-2-4-7(6)5(8)9/h2-3H,4H2,1H3,(H,8,9). The average Bonchev–Trinajstić information content (AvgIpc) is 2.13. The zero-order valence-electron chi connectivity index (χ0n) is 5.11. The molecule has 1 N–H and O–H groups in total. The molecule has 1 heterocycles. The highest BCUT2D eigenvalue weighted by atomic mass is 16.4. The summed E-state index contributed by atoms with van der Waals surface area (Å²) >= 11 is 0. The van der Waals surface area contributed by atoms with E-state index in [2.05, 4.69) is 0 Å². The first-order valence-corrected chi connectivity index (χ1v) is 2.61. The summed E-state index contributed by atoms with van der Waals surface area (Å²) in [5.74, 6) is 0. The molecule has 0 saturated heterocycles. The molecule has 1 aliphatic heterocycles. The van der Waals surface area contributed by atoms with Gasteiger partial charge in [0.05, 0.1) is 6.54 Å². The number of hydrogen-bond donors (Lipinski definition) is 1. The highest BCUT2D eigenvalue weighted by Crippen LogP contribution is 2.03. The Balaban J connectivity index is 2.55. The van der Waals surface area contributed by atoms with Crippen LogP contribution in [0.2, 0.25) is 0 Å². The van der Waals surface area contributed by atoms with Gasteiger partial charge in [0.25, 0.3) is 0 Å². The van der Waals surface area contributed by atoms with Crippen molar-refractivity contribution in [3.8, 4) is 0 Å². The van der Waals surface area contributed by atoms with Gasteiger partial charge in [-0.2, -0.15) is 0 Å². The Morgan fingerprint density at radius 1 is 1.78 bits per heavy atom. The van der Waals surface area contributed by atoms with E-state index in [1.807, 2.05) is 0 Å². The van der Waals surface area contributed by atoms with Crippen molar-refractivity contribution in [2.45, 2.75) is 0 Å². The van der Waals surface area contributed by atoms with Crippen LogP contribution in [0.5, 0.6) is 0 Å². The summed E-state index contributed by atoms with van der Waals surface area (Å²) in [6, 6.07) is 0. The SMILES string of the molecule is CN1C=CCN1C(=O)O. The van der Waals surface area contributed by atoms with Gasteiger partial charge in [-0.15, -0.1) is 0 Å². The fourth-order valence-electron chi connectivity index (χ4n) is 0.722. The van der Waals surface area contributed by atoms with Gasteiger partial charge in [-0.25, -0.2) is 9.80 Å². The lowest BCUT2D eigenvalue weighted by atomic mass is 10.6. The average molecular weight is 128 g/mol. The third-order valence-corrected chi connectivity index (χ3v) is 1.20. The van der Waals surface area contributed by atoms with Gasteiger partial charge >= 0.3 is 6.09 Å². The Labute approximate surface area is 52.9 Å². The Morgan fingerprint density at radius 2 is 2.44 bits per heavy atom. The first-order chi connectivity index (χ1) is 4.22. The lowest BCUT2D eigenvalue weighted by molar-refractivity contribution is 0.0688. The molecule has 0 bridgehead atoms. The van der Waals surface area contributed by atoms with Crippen molar-refractivity contribution in [1.29, 1.82) is 0 Å². The van der Waals surface area contributed by atoms with Crippen LogP contribution in [-0.2, 0) is 0 Å². The van der Waals surface area contributed by atoms with Crippen molar-refractivity contribution in [2.75, 3.05) is 13.6 Å². The van der Waals surface area contributed by atoms with E-state index in [0.29, 0.717) is 6.54 Å². The summed E-state index contributed by atoms with van der Waals surface area (Å²) in [5.41, 5.74) is 0. The van der Waals surface area contributed by atoms with Crippen LogP contribution < -0.4 is 0 Å². The minimum absolute atomic E-state index is 0.464. The van der Waals surface area contributed by atoms with Gasteiger partial charge in [-0.05, 0) is 6.08 Å². The Kier molecular flexibility index (Phi) is 1.30. The number of nitrogens with zero attached hydrogens (tertiary/aromatic N) is 2. The summed E-state index contributed by atoms with van der Waals surface area (Å²) in [7, 11) is 1.69. The van der Waals surface area contributed by atoms with Gasteiger partial charge in [0.2, 0.25) is 0 Å². The van der Waals surface area contributed by atoms with Crippen LogP contribution in [0.15, 0.2) is 12.3 Å². The van der Waals surface area contributed by atoms with Crippen molar-refractivity contribution >= 4 is 6.09 Å². The molecule has 4 heteroatoms. The van der Waals surface area contributed by atoms with E-state index in [4.69, 9.17) is 5.11 Å². The van der Waals surface area contributed by atoms with E-state index < -0.39 is 6.09 Å². The molecule has 0 atom stereocenters. The molecule has 1 rings (SSSR count). The van der Waals surface area contributed by atoms with Gasteiger partial charge in [-0.1, -0.05) is 0 Å². The normalized spacial score (nSPS) is 17.0. The molecule has 9 heavy (non-hydrogen) atoms. The number of amides is 1. The first kappa shape index (κ1) is 5.94. The largest absolute Gasteiger partial charge is 0.464 e. The summed E-state index contributed by atoms with van der Waals surface area (Å²) in [6.07, 6.45) is 2.59. The van der Waals surface area contributed by atoms with Crippen molar-refractivity contribution in [2.24, 2.45) is 0 Å². The smallest absolute Gasteiger partial charge is 0.426 e.